The monoisotopic (exact) mass is 332 g/mol. The standard InChI is InChI=1S/C13H20N2O4S2/c1-15(21(17,18)14-6-8-19-2)10-13-9-12(11-20-13)5-3-4-7-16/h9,11,14,16H,4,6-8,10H2,1-2H3. The van der Waals surface area contributed by atoms with Crippen LogP contribution in [0.2, 0.25) is 0 Å². The molecule has 0 bridgehead atoms. The summed E-state index contributed by atoms with van der Waals surface area (Å²) in [6.07, 6.45) is 0.433. The van der Waals surface area contributed by atoms with Gasteiger partial charge in [-0.05, 0) is 6.07 Å². The Morgan fingerprint density at radius 1 is 1.52 bits per heavy atom. The molecule has 0 atom stereocenters. The van der Waals surface area contributed by atoms with Crippen LogP contribution < -0.4 is 4.72 Å². The molecule has 0 amide bonds. The number of methoxy groups -OCH3 is 1. The molecule has 0 radical (unpaired) electrons. The lowest BCUT2D eigenvalue weighted by Gasteiger charge is -2.16. The molecule has 0 spiro atoms. The van der Waals surface area contributed by atoms with Gasteiger partial charge < -0.3 is 9.84 Å². The Kier molecular flexibility index (Phi) is 7.88. The van der Waals surface area contributed by atoms with Crippen LogP contribution in [0.4, 0.5) is 0 Å². The summed E-state index contributed by atoms with van der Waals surface area (Å²) in [5, 5.41) is 10.5. The van der Waals surface area contributed by atoms with Crippen LogP contribution in [0.15, 0.2) is 11.4 Å². The van der Waals surface area contributed by atoms with E-state index in [4.69, 9.17) is 9.84 Å². The molecule has 0 aliphatic carbocycles. The molecule has 8 heteroatoms. The van der Waals surface area contributed by atoms with Gasteiger partial charge >= 0.3 is 0 Å². The maximum Gasteiger partial charge on any atom is 0.279 e. The minimum atomic E-state index is -3.50. The number of hydrogen-bond donors (Lipinski definition) is 2. The molecule has 0 unspecified atom stereocenters. The van der Waals surface area contributed by atoms with Gasteiger partial charge in [-0.1, -0.05) is 11.8 Å². The van der Waals surface area contributed by atoms with Crippen LogP contribution in [-0.2, 0) is 21.5 Å². The van der Waals surface area contributed by atoms with Gasteiger partial charge in [0.25, 0.3) is 10.2 Å². The maximum absolute atomic E-state index is 11.9. The highest BCUT2D eigenvalue weighted by molar-refractivity contribution is 7.87. The van der Waals surface area contributed by atoms with E-state index in [-0.39, 0.29) is 19.7 Å². The molecule has 0 aliphatic rings. The van der Waals surface area contributed by atoms with Gasteiger partial charge in [0.05, 0.1) is 13.2 Å². The van der Waals surface area contributed by atoms with Crippen molar-refractivity contribution >= 4 is 21.5 Å². The maximum atomic E-state index is 11.9. The van der Waals surface area contributed by atoms with E-state index in [0.29, 0.717) is 13.0 Å². The van der Waals surface area contributed by atoms with Crippen molar-refractivity contribution in [2.24, 2.45) is 0 Å². The normalized spacial score (nSPS) is 11.4. The average molecular weight is 332 g/mol. The summed E-state index contributed by atoms with van der Waals surface area (Å²) in [5.74, 6) is 5.75. The number of nitrogens with one attached hydrogen (secondary N) is 1. The summed E-state index contributed by atoms with van der Waals surface area (Å²) in [6, 6.07) is 1.86. The molecule has 118 valence electrons. The van der Waals surface area contributed by atoms with Gasteiger partial charge in [-0.25, -0.2) is 0 Å². The predicted molar refractivity (Wildman–Crippen MR) is 83.2 cm³/mol. The van der Waals surface area contributed by atoms with Gasteiger partial charge in [-0.2, -0.15) is 17.4 Å². The van der Waals surface area contributed by atoms with Gasteiger partial charge in [-0.15, -0.1) is 11.3 Å². The van der Waals surface area contributed by atoms with Gasteiger partial charge in [0.15, 0.2) is 0 Å². The van der Waals surface area contributed by atoms with Crippen molar-refractivity contribution < 1.29 is 18.3 Å². The van der Waals surface area contributed by atoms with Crippen molar-refractivity contribution in [3.05, 3.63) is 21.9 Å². The summed E-state index contributed by atoms with van der Waals surface area (Å²) < 4.78 is 32.4. The van der Waals surface area contributed by atoms with Gasteiger partial charge in [-0.3, -0.25) is 0 Å². The van der Waals surface area contributed by atoms with Crippen LogP contribution >= 0.6 is 11.3 Å². The Hall–Kier alpha value is -0.950. The molecule has 6 nitrogen and oxygen atoms in total. The van der Waals surface area contributed by atoms with Crippen LogP contribution in [0, 0.1) is 11.8 Å². The molecule has 2 N–H and O–H groups in total. The highest BCUT2D eigenvalue weighted by Gasteiger charge is 2.17. The van der Waals surface area contributed by atoms with Crippen molar-refractivity contribution in [1.29, 1.82) is 0 Å². The van der Waals surface area contributed by atoms with Crippen molar-refractivity contribution in [3.63, 3.8) is 0 Å². The fourth-order valence-corrected chi connectivity index (χ4v) is 3.26. The Balaban J connectivity index is 2.58. The van der Waals surface area contributed by atoms with Crippen molar-refractivity contribution in [2.45, 2.75) is 13.0 Å². The zero-order chi connectivity index (χ0) is 15.7. The molecular formula is C13H20N2O4S2. The molecule has 21 heavy (non-hydrogen) atoms. The zero-order valence-corrected chi connectivity index (χ0v) is 13.8. The first kappa shape index (κ1) is 18.1. The topological polar surface area (TPSA) is 78.9 Å². The van der Waals surface area contributed by atoms with Crippen LogP contribution in [0.25, 0.3) is 0 Å². The number of aliphatic hydroxyl groups excluding tert-OH is 1. The summed E-state index contributed by atoms with van der Waals surface area (Å²) in [5.41, 5.74) is 0.835. The lowest BCUT2D eigenvalue weighted by Crippen LogP contribution is -2.39. The Labute approximate surface area is 129 Å². The smallest absolute Gasteiger partial charge is 0.279 e. The second-order valence-corrected chi connectivity index (χ2v) is 7.08. The van der Waals surface area contributed by atoms with Gasteiger partial charge in [0.2, 0.25) is 0 Å². The van der Waals surface area contributed by atoms with E-state index < -0.39 is 10.2 Å². The number of aliphatic hydroxyl groups is 1. The summed E-state index contributed by atoms with van der Waals surface area (Å²) in [4.78, 5) is 0.905. The van der Waals surface area contributed by atoms with E-state index in [9.17, 15) is 8.42 Å². The van der Waals surface area contributed by atoms with E-state index >= 15 is 0 Å². The van der Waals surface area contributed by atoms with E-state index in [1.807, 2.05) is 11.4 Å². The molecule has 0 saturated heterocycles. The number of rotatable bonds is 8. The molecule has 0 saturated carbocycles. The highest BCUT2D eigenvalue weighted by Crippen LogP contribution is 2.16. The van der Waals surface area contributed by atoms with Crippen LogP contribution in [0.5, 0.6) is 0 Å². The second kappa shape index (κ2) is 9.15. The molecule has 1 aromatic rings. The van der Waals surface area contributed by atoms with Crippen molar-refractivity contribution in [3.8, 4) is 11.8 Å². The van der Waals surface area contributed by atoms with Crippen LogP contribution in [0.1, 0.15) is 16.9 Å². The molecule has 1 rings (SSSR count). The molecule has 0 aromatic carbocycles. The van der Waals surface area contributed by atoms with Crippen molar-refractivity contribution in [1.82, 2.24) is 9.03 Å². The first-order valence-electron chi connectivity index (χ1n) is 6.36. The third-order valence-corrected chi connectivity index (χ3v) is 4.94. The molecule has 1 aromatic heterocycles. The number of ether oxygens (including phenoxy) is 1. The van der Waals surface area contributed by atoms with Crippen LogP contribution in [0.3, 0.4) is 0 Å². The predicted octanol–water partition coefficient (Wildman–Crippen LogP) is 0.395. The highest BCUT2D eigenvalue weighted by atomic mass is 32.2. The fourth-order valence-electron chi connectivity index (χ4n) is 1.44. The van der Waals surface area contributed by atoms with Crippen LogP contribution in [-0.4, -0.2) is 51.7 Å². The Bertz CT molecular complexity index is 587. The minimum Gasteiger partial charge on any atom is -0.395 e. The van der Waals surface area contributed by atoms with Gasteiger partial charge in [0, 0.05) is 49.5 Å². The first-order chi connectivity index (χ1) is 9.99. The number of nitrogens with zero attached hydrogens (tertiary/aromatic N) is 1. The minimum absolute atomic E-state index is 0.0398. The van der Waals surface area contributed by atoms with E-state index in [2.05, 4.69) is 16.6 Å². The lowest BCUT2D eigenvalue weighted by atomic mass is 10.3. The number of thiophene rings is 1. The van der Waals surface area contributed by atoms with Crippen molar-refractivity contribution in [2.75, 3.05) is 33.9 Å². The Morgan fingerprint density at radius 3 is 2.95 bits per heavy atom. The zero-order valence-electron chi connectivity index (χ0n) is 12.1. The largest absolute Gasteiger partial charge is 0.395 e. The fraction of sp³-hybridized carbons (Fsp3) is 0.538. The molecule has 0 aliphatic heterocycles. The molecule has 0 fully saturated rings. The summed E-state index contributed by atoms with van der Waals surface area (Å²) >= 11 is 1.46. The molecular weight excluding hydrogens is 312 g/mol. The Morgan fingerprint density at radius 2 is 2.29 bits per heavy atom. The van der Waals surface area contributed by atoms with Gasteiger partial charge in [0.1, 0.15) is 0 Å². The van der Waals surface area contributed by atoms with E-state index in [1.54, 1.807) is 0 Å². The molecule has 1 heterocycles. The summed E-state index contributed by atoms with van der Waals surface area (Å²) in [6.45, 7) is 0.898. The quantitative estimate of drug-likeness (QED) is 0.533. The second-order valence-electron chi connectivity index (χ2n) is 4.23. The lowest BCUT2D eigenvalue weighted by molar-refractivity contribution is 0.204. The SMILES string of the molecule is COCCNS(=O)(=O)N(C)Cc1cc(C#CCCO)cs1. The third-order valence-electron chi connectivity index (χ3n) is 2.50. The first-order valence-corrected chi connectivity index (χ1v) is 8.68. The average Bonchev–Trinajstić information content (AvgIpc) is 2.87. The summed E-state index contributed by atoms with van der Waals surface area (Å²) in [7, 11) is -0.465. The number of hydrogen-bond acceptors (Lipinski definition) is 5. The third kappa shape index (κ3) is 6.56. The van der Waals surface area contributed by atoms with E-state index in [1.165, 1.54) is 29.8 Å². The van der Waals surface area contributed by atoms with E-state index in [0.717, 1.165) is 10.4 Å².